The Morgan fingerprint density at radius 3 is 3.00 bits per heavy atom. The number of aliphatic hydroxyl groups excluding tert-OH is 1. The zero-order valence-electron chi connectivity index (χ0n) is 9.09. The maximum Gasteiger partial charge on any atom is 0.223 e. The summed E-state index contributed by atoms with van der Waals surface area (Å²) in [7, 11) is 0. The summed E-state index contributed by atoms with van der Waals surface area (Å²) in [5.74, 6) is -0.406. The number of rotatable bonds is 2. The summed E-state index contributed by atoms with van der Waals surface area (Å²) in [4.78, 5) is 11.8. The molecule has 0 saturated heterocycles. The summed E-state index contributed by atoms with van der Waals surface area (Å²) >= 11 is 5.87. The van der Waals surface area contributed by atoms with Gasteiger partial charge in [-0.05, 0) is 5.57 Å². The van der Waals surface area contributed by atoms with Crippen molar-refractivity contribution in [2.45, 2.75) is 6.17 Å². The van der Waals surface area contributed by atoms with E-state index >= 15 is 0 Å². The van der Waals surface area contributed by atoms with Gasteiger partial charge in [0.1, 0.15) is 18.0 Å². The van der Waals surface area contributed by atoms with Crippen LogP contribution in [0.15, 0.2) is 11.9 Å². The van der Waals surface area contributed by atoms with Gasteiger partial charge in [-0.25, -0.2) is 9.37 Å². The van der Waals surface area contributed by atoms with Crippen LogP contribution in [0.2, 0.25) is 5.15 Å². The van der Waals surface area contributed by atoms with Crippen molar-refractivity contribution in [2.24, 2.45) is 5.92 Å². The normalized spacial score (nSPS) is 24.9. The van der Waals surface area contributed by atoms with Crippen LogP contribution >= 0.6 is 11.6 Å². The number of anilines is 1. The van der Waals surface area contributed by atoms with E-state index in [9.17, 15) is 4.39 Å². The number of hydrogen-bond acceptors (Lipinski definition) is 5. The van der Waals surface area contributed by atoms with Crippen molar-refractivity contribution < 1.29 is 9.50 Å². The molecule has 1 saturated carbocycles. The van der Waals surface area contributed by atoms with Crippen LogP contribution in [0.5, 0.6) is 0 Å². The zero-order valence-corrected chi connectivity index (χ0v) is 9.84. The minimum Gasteiger partial charge on any atom is -0.396 e. The molecular formula is C10H9ClFN5O. The number of hydrogen-bond donors (Lipinski definition) is 2. The van der Waals surface area contributed by atoms with Gasteiger partial charge in [0, 0.05) is 12.1 Å². The van der Waals surface area contributed by atoms with Gasteiger partial charge in [0.05, 0.1) is 6.61 Å². The lowest BCUT2D eigenvalue weighted by Gasteiger charge is -1.97. The lowest BCUT2D eigenvalue weighted by atomic mass is 10.4. The van der Waals surface area contributed by atoms with Crippen LogP contribution in [0.3, 0.4) is 0 Å². The Balaban J connectivity index is 2.09. The van der Waals surface area contributed by atoms with Crippen molar-refractivity contribution in [3.05, 3.63) is 17.1 Å². The van der Waals surface area contributed by atoms with Gasteiger partial charge in [0.25, 0.3) is 0 Å². The van der Waals surface area contributed by atoms with E-state index in [1.807, 2.05) is 0 Å². The Labute approximate surface area is 106 Å². The molecule has 94 valence electrons. The van der Waals surface area contributed by atoms with Crippen LogP contribution < -0.4 is 5.73 Å². The summed E-state index contributed by atoms with van der Waals surface area (Å²) in [6.45, 7) is -0.211. The van der Waals surface area contributed by atoms with Crippen molar-refractivity contribution in [3.63, 3.8) is 0 Å². The molecule has 1 aliphatic rings. The minimum absolute atomic E-state index is 0.0268. The van der Waals surface area contributed by atoms with E-state index in [4.69, 9.17) is 22.4 Å². The number of fused-ring (bicyclic) bond motifs is 1. The molecule has 1 fully saturated rings. The first-order chi connectivity index (χ1) is 8.61. The molecule has 0 spiro atoms. The highest BCUT2D eigenvalue weighted by molar-refractivity contribution is 6.33. The van der Waals surface area contributed by atoms with Crippen molar-refractivity contribution in [1.82, 2.24) is 19.5 Å². The molecule has 1 aliphatic carbocycles. The number of alkyl halides is 1. The average Bonchev–Trinajstić information content (AvgIpc) is 2.75. The fraction of sp³-hybridized carbons (Fsp3) is 0.300. The van der Waals surface area contributed by atoms with Crippen molar-refractivity contribution >= 4 is 34.9 Å². The summed E-state index contributed by atoms with van der Waals surface area (Å²) in [6, 6.07) is 0. The lowest BCUT2D eigenvalue weighted by molar-refractivity contribution is 0.259. The number of aromatic nitrogens is 4. The molecule has 3 rings (SSSR count). The van der Waals surface area contributed by atoms with Gasteiger partial charge in [-0.15, -0.1) is 0 Å². The molecule has 3 N–H and O–H groups in total. The number of halogens is 2. The summed E-state index contributed by atoms with van der Waals surface area (Å²) in [6.07, 6.45) is 1.89. The summed E-state index contributed by atoms with van der Waals surface area (Å²) in [5.41, 5.74) is 6.82. The van der Waals surface area contributed by atoms with Crippen LogP contribution in [0.4, 0.5) is 10.3 Å². The first-order valence-corrected chi connectivity index (χ1v) is 5.61. The van der Waals surface area contributed by atoms with Crippen LogP contribution in [0.25, 0.3) is 17.4 Å². The Morgan fingerprint density at radius 1 is 1.56 bits per heavy atom. The second-order valence-corrected chi connectivity index (χ2v) is 4.37. The molecule has 2 atom stereocenters. The molecule has 0 radical (unpaired) electrons. The smallest absolute Gasteiger partial charge is 0.223 e. The van der Waals surface area contributed by atoms with Gasteiger partial charge in [0.15, 0.2) is 10.8 Å². The highest BCUT2D eigenvalue weighted by atomic mass is 35.5. The molecule has 0 bridgehead atoms. The highest BCUT2D eigenvalue weighted by Crippen LogP contribution is 2.41. The molecule has 18 heavy (non-hydrogen) atoms. The third-order valence-corrected chi connectivity index (χ3v) is 3.14. The monoisotopic (exact) mass is 269 g/mol. The quantitative estimate of drug-likeness (QED) is 0.790. The van der Waals surface area contributed by atoms with Gasteiger partial charge in [-0.2, -0.15) is 9.97 Å². The summed E-state index contributed by atoms with van der Waals surface area (Å²) < 4.78 is 14.8. The highest BCUT2D eigenvalue weighted by Gasteiger charge is 2.44. The molecular weight excluding hydrogens is 261 g/mol. The van der Waals surface area contributed by atoms with Gasteiger partial charge in [0.2, 0.25) is 5.95 Å². The lowest BCUT2D eigenvalue weighted by Crippen LogP contribution is -1.97. The van der Waals surface area contributed by atoms with Gasteiger partial charge >= 0.3 is 0 Å². The molecule has 0 aromatic carbocycles. The minimum atomic E-state index is -1.11. The van der Waals surface area contributed by atoms with Gasteiger partial charge in [-0.3, -0.25) is 4.57 Å². The standard InChI is InChI=1S/C10H9ClFN5O/c11-8-7-9(16-10(13)15-8)17(3-14-7)1-4-5(2-18)6(4)12/h1,3,5-6,18H,2H2,(H2,13,15,16)/b4-1-/t5-,6-/m0/s1. The van der Waals surface area contributed by atoms with Crippen molar-refractivity contribution in [3.8, 4) is 0 Å². The Kier molecular flexibility index (Phi) is 2.46. The number of nitrogen functional groups attached to an aromatic ring is 1. The Morgan fingerprint density at radius 2 is 2.33 bits per heavy atom. The Bertz CT molecular complexity index is 655. The first kappa shape index (κ1) is 11.4. The maximum atomic E-state index is 13.2. The van der Waals surface area contributed by atoms with Crippen molar-refractivity contribution in [2.75, 3.05) is 12.3 Å². The largest absolute Gasteiger partial charge is 0.396 e. The molecule has 0 unspecified atom stereocenters. The SMILES string of the molecule is Nc1nc(Cl)c2ncn(/C=C3\[C@H](F)[C@H]3CO)c2n1. The number of imidazole rings is 1. The number of aliphatic hydroxyl groups is 1. The third-order valence-electron chi connectivity index (χ3n) is 2.87. The predicted molar refractivity (Wildman–Crippen MR) is 64.5 cm³/mol. The molecule has 2 aromatic heterocycles. The van der Waals surface area contributed by atoms with E-state index in [1.165, 1.54) is 10.9 Å². The van der Waals surface area contributed by atoms with E-state index < -0.39 is 12.1 Å². The molecule has 2 aromatic rings. The zero-order chi connectivity index (χ0) is 12.9. The molecule has 0 amide bonds. The van der Waals surface area contributed by atoms with E-state index in [2.05, 4.69) is 15.0 Å². The Hall–Kier alpha value is -1.73. The van der Waals surface area contributed by atoms with E-state index in [0.717, 1.165) is 0 Å². The molecule has 8 heteroatoms. The number of nitrogens with zero attached hydrogens (tertiary/aromatic N) is 4. The molecule has 0 aliphatic heterocycles. The predicted octanol–water partition coefficient (Wildman–Crippen LogP) is 0.863. The van der Waals surface area contributed by atoms with E-state index in [-0.39, 0.29) is 17.7 Å². The maximum absolute atomic E-state index is 13.2. The van der Waals surface area contributed by atoms with E-state index in [1.54, 1.807) is 6.20 Å². The van der Waals surface area contributed by atoms with Crippen molar-refractivity contribution in [1.29, 1.82) is 0 Å². The average molecular weight is 270 g/mol. The van der Waals surface area contributed by atoms with Gasteiger partial charge in [-0.1, -0.05) is 11.6 Å². The fourth-order valence-electron chi connectivity index (χ4n) is 1.82. The van der Waals surface area contributed by atoms with Crippen LogP contribution in [0.1, 0.15) is 0 Å². The molecule has 6 nitrogen and oxygen atoms in total. The molecule has 2 heterocycles. The third kappa shape index (κ3) is 1.63. The van der Waals surface area contributed by atoms with Crippen LogP contribution in [0, 0.1) is 5.92 Å². The topological polar surface area (TPSA) is 89.8 Å². The van der Waals surface area contributed by atoms with Crippen LogP contribution in [-0.4, -0.2) is 37.4 Å². The summed E-state index contributed by atoms with van der Waals surface area (Å²) in [5, 5.41) is 9.06. The fourth-order valence-corrected chi connectivity index (χ4v) is 2.04. The van der Waals surface area contributed by atoms with Gasteiger partial charge < -0.3 is 10.8 Å². The second-order valence-electron chi connectivity index (χ2n) is 4.02. The number of nitrogens with two attached hydrogens (primary N) is 1. The van der Waals surface area contributed by atoms with E-state index in [0.29, 0.717) is 16.7 Å². The second kappa shape index (κ2) is 3.89. The first-order valence-electron chi connectivity index (χ1n) is 5.24. The van der Waals surface area contributed by atoms with Crippen LogP contribution in [-0.2, 0) is 0 Å².